The van der Waals surface area contributed by atoms with Crippen LogP contribution in [-0.4, -0.2) is 16.0 Å². The average Bonchev–Trinajstić information content (AvgIpc) is 3.35. The number of aromatic nitrogens is 1. The van der Waals surface area contributed by atoms with Gasteiger partial charge in [-0.15, -0.1) is 11.3 Å². The van der Waals surface area contributed by atoms with Crippen molar-refractivity contribution in [3.63, 3.8) is 0 Å². The molecule has 0 fully saturated rings. The zero-order valence-corrected chi connectivity index (χ0v) is 20.0. The molecule has 0 radical (unpaired) electrons. The van der Waals surface area contributed by atoms with Crippen LogP contribution in [0.3, 0.4) is 0 Å². The minimum absolute atomic E-state index is 0.192. The van der Waals surface area contributed by atoms with E-state index in [0.29, 0.717) is 32.8 Å². The van der Waals surface area contributed by atoms with Crippen LogP contribution in [0.15, 0.2) is 71.1 Å². The predicted octanol–water partition coefficient (Wildman–Crippen LogP) is 7.07. The fraction of sp³-hybridized carbons (Fsp3) is 0.0417. The van der Waals surface area contributed by atoms with Gasteiger partial charge in [-0.2, -0.15) is 0 Å². The number of carbonyl (C=O) groups is 1. The van der Waals surface area contributed by atoms with E-state index in [0.717, 1.165) is 26.9 Å². The summed E-state index contributed by atoms with van der Waals surface area (Å²) in [6.45, 7) is 0. The van der Waals surface area contributed by atoms with Crippen LogP contribution < -0.4 is 10.6 Å². The molecule has 2 aromatic heterocycles. The minimum atomic E-state index is -0.341. The van der Waals surface area contributed by atoms with Gasteiger partial charge in [0.25, 0.3) is 5.91 Å². The maximum Gasteiger partial charge on any atom is 0.269 e. The predicted molar refractivity (Wildman–Crippen MR) is 139 cm³/mol. The number of anilines is 1. The molecular formula is C24H15Cl2N3O2S2. The van der Waals surface area contributed by atoms with Gasteiger partial charge in [-0.05, 0) is 54.2 Å². The number of carbonyl (C=O) groups excluding carboxylic acids is 1. The second-order valence-electron chi connectivity index (χ2n) is 7.24. The molecule has 0 bridgehead atoms. The van der Waals surface area contributed by atoms with Crippen molar-refractivity contribution in [2.24, 2.45) is 0 Å². The number of fused-ring (bicyclic) bond motifs is 2. The summed E-state index contributed by atoms with van der Waals surface area (Å²) in [4.78, 5) is 17.6. The topological polar surface area (TPSA) is 67.2 Å². The zero-order valence-electron chi connectivity index (χ0n) is 16.9. The molecule has 0 aliphatic rings. The normalized spacial score (nSPS) is 11.1. The molecule has 1 amide bonds. The van der Waals surface area contributed by atoms with Crippen LogP contribution in [0.2, 0.25) is 10.0 Å². The van der Waals surface area contributed by atoms with Gasteiger partial charge in [0.2, 0.25) is 0 Å². The van der Waals surface area contributed by atoms with Gasteiger partial charge in [-0.3, -0.25) is 10.1 Å². The molecule has 0 saturated carbocycles. The minimum Gasteiger partial charge on any atom is -0.440 e. The molecule has 5 rings (SSSR count). The first-order valence-corrected chi connectivity index (χ1v) is 11.9. The van der Waals surface area contributed by atoms with Crippen LogP contribution in [0.4, 0.5) is 5.69 Å². The van der Waals surface area contributed by atoms with Crippen molar-refractivity contribution in [1.29, 1.82) is 0 Å². The molecule has 0 atom stereocenters. The number of nitrogens with one attached hydrogen (secondary N) is 2. The third-order valence-corrected chi connectivity index (χ3v) is 7.04. The lowest BCUT2D eigenvalue weighted by atomic mass is 10.1. The van der Waals surface area contributed by atoms with E-state index in [1.807, 2.05) is 54.6 Å². The van der Waals surface area contributed by atoms with Crippen LogP contribution in [0.1, 0.15) is 21.1 Å². The van der Waals surface area contributed by atoms with Crippen LogP contribution in [0.5, 0.6) is 0 Å². The number of thiocarbonyl (C=S) groups is 1. The van der Waals surface area contributed by atoms with Crippen molar-refractivity contribution in [3.8, 4) is 0 Å². The third-order valence-electron chi connectivity index (χ3n) is 4.93. The molecule has 5 aromatic rings. The number of oxazole rings is 1. The van der Waals surface area contributed by atoms with Gasteiger partial charge in [0, 0.05) is 27.2 Å². The van der Waals surface area contributed by atoms with E-state index in [4.69, 9.17) is 39.8 Å². The summed E-state index contributed by atoms with van der Waals surface area (Å²) in [6, 6.07) is 20.6. The van der Waals surface area contributed by atoms with E-state index in [1.165, 1.54) is 11.3 Å². The molecule has 2 N–H and O–H groups in total. The highest BCUT2D eigenvalue weighted by molar-refractivity contribution is 7.80. The Morgan fingerprint density at radius 3 is 2.64 bits per heavy atom. The Morgan fingerprint density at radius 1 is 1.06 bits per heavy atom. The Bertz CT molecular complexity index is 1510. The number of rotatable bonds is 4. The molecule has 164 valence electrons. The summed E-state index contributed by atoms with van der Waals surface area (Å²) in [5.41, 5.74) is 3.20. The monoisotopic (exact) mass is 511 g/mol. The second kappa shape index (κ2) is 9.11. The van der Waals surface area contributed by atoms with Gasteiger partial charge in [0.15, 0.2) is 16.6 Å². The Labute approximate surface area is 208 Å². The van der Waals surface area contributed by atoms with Crippen molar-refractivity contribution in [2.45, 2.75) is 6.42 Å². The van der Waals surface area contributed by atoms with Crippen molar-refractivity contribution < 1.29 is 9.21 Å². The number of halogens is 2. The first-order chi connectivity index (χ1) is 16.0. The molecule has 33 heavy (non-hydrogen) atoms. The van der Waals surface area contributed by atoms with Crippen LogP contribution in [-0.2, 0) is 6.42 Å². The van der Waals surface area contributed by atoms with E-state index >= 15 is 0 Å². The maximum absolute atomic E-state index is 12.6. The largest absolute Gasteiger partial charge is 0.440 e. The molecule has 9 heteroatoms. The lowest BCUT2D eigenvalue weighted by Crippen LogP contribution is -2.33. The van der Waals surface area contributed by atoms with Crippen molar-refractivity contribution in [2.75, 3.05) is 5.32 Å². The van der Waals surface area contributed by atoms with Crippen molar-refractivity contribution >= 4 is 84.6 Å². The first-order valence-electron chi connectivity index (χ1n) is 9.89. The number of hydrogen-bond donors (Lipinski definition) is 2. The quantitative estimate of drug-likeness (QED) is 0.252. The van der Waals surface area contributed by atoms with Gasteiger partial charge in [-0.25, -0.2) is 4.98 Å². The highest BCUT2D eigenvalue weighted by atomic mass is 35.5. The molecule has 0 unspecified atom stereocenters. The molecule has 0 spiro atoms. The van der Waals surface area contributed by atoms with Gasteiger partial charge >= 0.3 is 0 Å². The van der Waals surface area contributed by atoms with E-state index in [-0.39, 0.29) is 11.0 Å². The van der Waals surface area contributed by atoms with Crippen molar-refractivity contribution in [1.82, 2.24) is 10.3 Å². The van der Waals surface area contributed by atoms with Crippen LogP contribution >= 0.6 is 46.8 Å². The average molecular weight is 512 g/mol. The smallest absolute Gasteiger partial charge is 0.269 e. The molecule has 0 saturated heterocycles. The fourth-order valence-corrected chi connectivity index (χ4v) is 5.18. The maximum atomic E-state index is 12.6. The Kier molecular flexibility index (Phi) is 6.03. The Morgan fingerprint density at radius 2 is 1.85 bits per heavy atom. The number of thiophene rings is 1. The number of nitrogens with zero attached hydrogens (tertiary/aromatic N) is 1. The summed E-state index contributed by atoms with van der Waals surface area (Å²) in [7, 11) is 0. The van der Waals surface area contributed by atoms with E-state index in [1.54, 1.807) is 12.1 Å². The summed E-state index contributed by atoms with van der Waals surface area (Å²) in [5.74, 6) is 0.266. The summed E-state index contributed by atoms with van der Waals surface area (Å²) < 4.78 is 6.72. The van der Waals surface area contributed by atoms with Crippen LogP contribution in [0.25, 0.3) is 21.2 Å². The fourth-order valence-electron chi connectivity index (χ4n) is 3.39. The summed E-state index contributed by atoms with van der Waals surface area (Å²) in [6.07, 6.45) is 0.540. The number of amides is 1. The summed E-state index contributed by atoms with van der Waals surface area (Å²) >= 11 is 19.0. The molecule has 2 heterocycles. The van der Waals surface area contributed by atoms with Gasteiger partial charge in [0.05, 0.1) is 5.02 Å². The molecule has 0 aliphatic heterocycles. The van der Waals surface area contributed by atoms with E-state index in [2.05, 4.69) is 15.6 Å². The Hall–Kier alpha value is -2.97. The van der Waals surface area contributed by atoms with Gasteiger partial charge in [-0.1, -0.05) is 53.5 Å². The third kappa shape index (κ3) is 4.72. The van der Waals surface area contributed by atoms with E-state index in [9.17, 15) is 4.79 Å². The number of benzene rings is 3. The SMILES string of the molecule is O=C(NC(=S)Nc1ccc(Cc2nc3cc(Cl)ccc3o2)cc1)c1sc2ccccc2c1Cl. The first kappa shape index (κ1) is 21.9. The second-order valence-corrected chi connectivity index (χ2v) is 9.52. The van der Waals surface area contributed by atoms with Crippen molar-refractivity contribution in [3.05, 3.63) is 93.1 Å². The molecule has 3 aromatic carbocycles. The molecule has 5 nitrogen and oxygen atoms in total. The highest BCUT2D eigenvalue weighted by Crippen LogP contribution is 2.35. The zero-order chi connectivity index (χ0) is 22.9. The van der Waals surface area contributed by atoms with E-state index < -0.39 is 0 Å². The highest BCUT2D eigenvalue weighted by Gasteiger charge is 2.18. The lowest BCUT2D eigenvalue weighted by Gasteiger charge is -2.09. The number of hydrogen-bond acceptors (Lipinski definition) is 5. The summed E-state index contributed by atoms with van der Waals surface area (Å²) in [5, 5.41) is 7.81. The molecular weight excluding hydrogens is 497 g/mol. The van der Waals surface area contributed by atoms with Gasteiger partial charge < -0.3 is 9.73 Å². The Balaban J connectivity index is 1.22. The van der Waals surface area contributed by atoms with Crippen LogP contribution in [0, 0.1) is 0 Å². The van der Waals surface area contributed by atoms with Gasteiger partial charge in [0.1, 0.15) is 10.4 Å². The molecule has 0 aliphatic carbocycles. The lowest BCUT2D eigenvalue weighted by molar-refractivity contribution is 0.0982. The standard InChI is InChI=1S/C24H15Cl2N3O2S2/c25-14-7-10-18-17(12-14)28-20(31-18)11-13-5-8-15(9-6-13)27-24(32)29-23(30)22-21(26)16-3-1-2-4-19(16)33-22/h1-10,12H,11H2,(H2,27,29,30,32).